The second-order valence-electron chi connectivity index (χ2n) is 7.73. The van der Waals surface area contributed by atoms with Gasteiger partial charge in [0.2, 0.25) is 5.91 Å². The highest BCUT2D eigenvalue weighted by atomic mass is 32.1. The van der Waals surface area contributed by atoms with Gasteiger partial charge >= 0.3 is 11.9 Å². The number of thiophene rings is 1. The van der Waals surface area contributed by atoms with Gasteiger partial charge in [0.15, 0.2) is 6.61 Å². The Kier molecular flexibility index (Phi) is 6.86. The Morgan fingerprint density at radius 1 is 1.23 bits per heavy atom. The fourth-order valence-electron chi connectivity index (χ4n) is 3.33. The molecule has 0 bridgehead atoms. The largest absolute Gasteiger partial charge is 0.459 e. The van der Waals surface area contributed by atoms with Gasteiger partial charge in [0.1, 0.15) is 10.7 Å². The molecule has 10 heteroatoms. The second-order valence-corrected chi connectivity index (χ2v) is 8.83. The summed E-state index contributed by atoms with van der Waals surface area (Å²) < 4.78 is 10.4. The Bertz CT molecular complexity index is 905. The number of fused-ring (bicyclic) bond motifs is 1. The molecule has 0 fully saturated rings. The summed E-state index contributed by atoms with van der Waals surface area (Å²) in [5.74, 6) is -1.55. The van der Waals surface area contributed by atoms with Gasteiger partial charge in [-0.2, -0.15) is 5.10 Å². The summed E-state index contributed by atoms with van der Waals surface area (Å²) in [5, 5.41) is 6.75. The second kappa shape index (κ2) is 9.38. The monoisotopic (exact) mass is 435 g/mol. The quantitative estimate of drug-likeness (QED) is 0.660. The molecule has 1 unspecified atom stereocenters. The molecule has 1 aliphatic heterocycles. The maximum atomic E-state index is 12.7. The third kappa shape index (κ3) is 5.24. The van der Waals surface area contributed by atoms with Crippen molar-refractivity contribution in [3.05, 3.63) is 16.0 Å². The van der Waals surface area contributed by atoms with Gasteiger partial charge in [-0.1, -0.05) is 6.92 Å². The van der Waals surface area contributed by atoms with E-state index in [-0.39, 0.29) is 30.6 Å². The number of nitrogens with one attached hydrogen (secondary N) is 2. The molecule has 3 rings (SSSR count). The van der Waals surface area contributed by atoms with Crippen LogP contribution in [0.1, 0.15) is 60.8 Å². The van der Waals surface area contributed by atoms with Crippen LogP contribution in [0.3, 0.4) is 0 Å². The van der Waals surface area contributed by atoms with Crippen LogP contribution in [0.15, 0.2) is 5.10 Å². The molecule has 2 amide bonds. The molecule has 0 radical (unpaired) electrons. The van der Waals surface area contributed by atoms with Crippen LogP contribution >= 0.6 is 11.3 Å². The lowest BCUT2D eigenvalue weighted by Gasteiger charge is -2.18. The standard InChI is InChI=1S/C20H25N3O6S/c1-10(2)29-20(27)17-12-5-4-11(3)8-14(12)30-18(17)21-16(25)9-28-19(26)13-6-7-15(24)23-22-13/h10-11H,4-9H2,1-3H3,(H,21,25)(H,23,24). The van der Waals surface area contributed by atoms with Crippen LogP contribution in [0.25, 0.3) is 0 Å². The van der Waals surface area contributed by atoms with E-state index in [0.717, 1.165) is 29.7 Å². The zero-order valence-corrected chi connectivity index (χ0v) is 18.0. The molecule has 2 heterocycles. The number of carbonyl (C=O) groups is 4. The van der Waals surface area contributed by atoms with Crippen molar-refractivity contribution in [2.45, 2.75) is 59.0 Å². The molecule has 1 aliphatic carbocycles. The molecule has 2 aliphatic rings. The van der Waals surface area contributed by atoms with E-state index in [9.17, 15) is 19.2 Å². The van der Waals surface area contributed by atoms with Crippen molar-refractivity contribution in [2.75, 3.05) is 11.9 Å². The highest BCUT2D eigenvalue weighted by molar-refractivity contribution is 7.17. The minimum atomic E-state index is -0.760. The molecule has 0 saturated heterocycles. The summed E-state index contributed by atoms with van der Waals surface area (Å²) >= 11 is 1.37. The van der Waals surface area contributed by atoms with Gasteiger partial charge in [-0.05, 0) is 44.6 Å². The fourth-order valence-corrected chi connectivity index (χ4v) is 4.74. The predicted molar refractivity (Wildman–Crippen MR) is 110 cm³/mol. The molecule has 9 nitrogen and oxygen atoms in total. The van der Waals surface area contributed by atoms with Gasteiger partial charge in [-0.15, -0.1) is 11.3 Å². The summed E-state index contributed by atoms with van der Waals surface area (Å²) in [6.45, 7) is 5.17. The smallest absolute Gasteiger partial charge is 0.355 e. The van der Waals surface area contributed by atoms with E-state index in [1.54, 1.807) is 13.8 Å². The summed E-state index contributed by atoms with van der Waals surface area (Å²) in [7, 11) is 0. The molecule has 0 spiro atoms. The first kappa shape index (κ1) is 21.9. The summed E-state index contributed by atoms with van der Waals surface area (Å²) in [6.07, 6.45) is 2.59. The molecule has 1 aromatic heterocycles. The van der Waals surface area contributed by atoms with Crippen LogP contribution in [-0.2, 0) is 36.7 Å². The molecule has 30 heavy (non-hydrogen) atoms. The first-order chi connectivity index (χ1) is 14.2. The van der Waals surface area contributed by atoms with Crippen molar-refractivity contribution in [2.24, 2.45) is 11.0 Å². The van der Waals surface area contributed by atoms with E-state index in [0.29, 0.717) is 16.5 Å². The van der Waals surface area contributed by atoms with Gasteiger partial charge in [-0.25, -0.2) is 15.0 Å². The molecule has 1 aromatic rings. The minimum Gasteiger partial charge on any atom is -0.459 e. The number of rotatable bonds is 6. The number of hydrazone groups is 1. The Morgan fingerprint density at radius 3 is 2.67 bits per heavy atom. The van der Waals surface area contributed by atoms with Crippen LogP contribution in [0.5, 0.6) is 0 Å². The minimum absolute atomic E-state index is 0.0594. The van der Waals surface area contributed by atoms with Crippen molar-refractivity contribution in [1.29, 1.82) is 0 Å². The van der Waals surface area contributed by atoms with E-state index in [1.807, 2.05) is 0 Å². The normalized spacial score (nSPS) is 18.2. The van der Waals surface area contributed by atoms with Crippen molar-refractivity contribution < 1.29 is 28.7 Å². The average molecular weight is 436 g/mol. The number of ether oxygens (including phenoxy) is 2. The lowest BCUT2D eigenvalue weighted by atomic mass is 9.88. The Balaban J connectivity index is 1.69. The zero-order valence-electron chi connectivity index (χ0n) is 17.2. The maximum absolute atomic E-state index is 12.7. The molecular weight excluding hydrogens is 410 g/mol. The van der Waals surface area contributed by atoms with Crippen LogP contribution in [0.4, 0.5) is 5.00 Å². The fraction of sp³-hybridized carbons (Fsp3) is 0.550. The summed E-state index contributed by atoms with van der Waals surface area (Å²) in [6, 6.07) is 0. The third-order valence-electron chi connectivity index (χ3n) is 4.79. The predicted octanol–water partition coefficient (Wildman–Crippen LogP) is 2.19. The number of anilines is 1. The topological polar surface area (TPSA) is 123 Å². The van der Waals surface area contributed by atoms with Crippen LogP contribution in [0.2, 0.25) is 0 Å². The average Bonchev–Trinajstić information content (AvgIpc) is 3.02. The zero-order chi connectivity index (χ0) is 21.8. The Morgan fingerprint density at radius 2 is 2.00 bits per heavy atom. The van der Waals surface area contributed by atoms with Crippen LogP contribution < -0.4 is 10.7 Å². The van der Waals surface area contributed by atoms with E-state index >= 15 is 0 Å². The lowest BCUT2D eigenvalue weighted by molar-refractivity contribution is -0.140. The summed E-state index contributed by atoms with van der Waals surface area (Å²) in [4.78, 5) is 49.2. The highest BCUT2D eigenvalue weighted by Gasteiger charge is 2.30. The van der Waals surface area contributed by atoms with Gasteiger partial charge in [-0.3, -0.25) is 9.59 Å². The molecule has 0 aromatic carbocycles. The first-order valence-corrected chi connectivity index (χ1v) is 10.7. The Labute approximate surface area is 178 Å². The number of carbonyl (C=O) groups excluding carboxylic acids is 4. The van der Waals surface area contributed by atoms with Crippen molar-refractivity contribution in [3.63, 3.8) is 0 Å². The lowest BCUT2D eigenvalue weighted by Crippen LogP contribution is -2.32. The molecule has 2 N–H and O–H groups in total. The van der Waals surface area contributed by atoms with E-state index in [1.165, 1.54) is 11.3 Å². The maximum Gasteiger partial charge on any atom is 0.355 e. The first-order valence-electron chi connectivity index (χ1n) is 9.92. The Hall–Kier alpha value is -2.75. The van der Waals surface area contributed by atoms with Gasteiger partial charge in [0.25, 0.3) is 5.91 Å². The number of hydrogen-bond acceptors (Lipinski definition) is 8. The molecular formula is C20H25N3O6S. The van der Waals surface area contributed by atoms with Crippen LogP contribution in [0, 0.1) is 5.92 Å². The van der Waals surface area contributed by atoms with Gasteiger partial charge < -0.3 is 14.8 Å². The van der Waals surface area contributed by atoms with Crippen LogP contribution in [-0.4, -0.2) is 42.2 Å². The van der Waals surface area contributed by atoms with Crippen molar-refractivity contribution in [1.82, 2.24) is 5.43 Å². The highest BCUT2D eigenvalue weighted by Crippen LogP contribution is 2.40. The molecule has 162 valence electrons. The molecule has 0 saturated carbocycles. The third-order valence-corrected chi connectivity index (χ3v) is 5.96. The van der Waals surface area contributed by atoms with E-state index in [4.69, 9.17) is 9.47 Å². The molecule has 1 atom stereocenters. The van der Waals surface area contributed by atoms with Gasteiger partial charge in [0, 0.05) is 17.7 Å². The van der Waals surface area contributed by atoms with E-state index < -0.39 is 24.5 Å². The van der Waals surface area contributed by atoms with Crippen molar-refractivity contribution >= 4 is 45.8 Å². The summed E-state index contributed by atoms with van der Waals surface area (Å²) in [5.41, 5.74) is 3.60. The SMILES string of the molecule is CC1CCc2c(sc(NC(=O)COC(=O)C3=NNC(=O)CC3)c2C(=O)OC(C)C)C1. The number of amides is 2. The number of hydrogen-bond donors (Lipinski definition) is 2. The van der Waals surface area contributed by atoms with Gasteiger partial charge in [0.05, 0.1) is 11.7 Å². The van der Waals surface area contributed by atoms with E-state index in [2.05, 4.69) is 22.8 Å². The number of esters is 2. The number of nitrogens with zero attached hydrogens (tertiary/aromatic N) is 1. The van der Waals surface area contributed by atoms with Crippen molar-refractivity contribution in [3.8, 4) is 0 Å².